The Labute approximate surface area is 552 Å². The van der Waals surface area contributed by atoms with Gasteiger partial charge in [-0.2, -0.15) is 0 Å². The average molecular weight is 1350 g/mol. The average Bonchev–Trinajstić information content (AvgIpc) is 0.787. The van der Waals surface area contributed by atoms with Crippen molar-refractivity contribution in [2.45, 2.75) is 238 Å². The Kier molecular flexibility index (Phi) is 31.8. The van der Waals surface area contributed by atoms with Crippen molar-refractivity contribution in [3.63, 3.8) is 0 Å². The van der Waals surface area contributed by atoms with Gasteiger partial charge in [-0.3, -0.25) is 14.6 Å². The van der Waals surface area contributed by atoms with Crippen LogP contribution in [0.25, 0.3) is 0 Å². The minimum Gasteiger partial charge on any atom is -0.462 e. The first-order chi connectivity index (χ1) is 45.0. The smallest absolute Gasteiger partial charge is 0.308 e. The Bertz CT molecular complexity index is 2690. The second-order valence-electron chi connectivity index (χ2n) is 25.4. The van der Waals surface area contributed by atoms with Crippen molar-refractivity contribution >= 4 is 11.9 Å². The molecule has 0 saturated carbocycles. The van der Waals surface area contributed by atoms with Gasteiger partial charge in [0.2, 0.25) is 11.7 Å². The van der Waals surface area contributed by atoms with Crippen LogP contribution in [0.5, 0.6) is 0 Å². The number of aliphatic hydroxyl groups is 17. The Balaban J connectivity index is 1.26. The maximum Gasteiger partial charge on any atom is 0.308 e. The lowest BCUT2D eigenvalue weighted by molar-refractivity contribution is -0.368. The van der Waals surface area contributed by atoms with Gasteiger partial charge in [-0.05, 0) is 45.2 Å². The highest BCUT2D eigenvalue weighted by Gasteiger charge is 2.55. The van der Waals surface area contributed by atoms with Crippen LogP contribution in [0.3, 0.4) is 0 Å². The highest BCUT2D eigenvalue weighted by atomic mass is 16.7. The molecular formula is C66H101N3O26. The molecule has 6 heterocycles. The number of aromatic nitrogens is 1. The van der Waals surface area contributed by atoms with Crippen LogP contribution in [-0.4, -0.2) is 282 Å². The van der Waals surface area contributed by atoms with Crippen LogP contribution in [-0.2, 0) is 49.2 Å². The van der Waals surface area contributed by atoms with Crippen molar-refractivity contribution in [2.75, 3.05) is 26.3 Å². The number of aliphatic hydroxyl groups excluding tert-OH is 15. The van der Waals surface area contributed by atoms with Gasteiger partial charge < -0.3 is 131 Å². The maximum absolute atomic E-state index is 14.3. The number of fused-ring (bicyclic) bond motifs is 2. The topological polar surface area (TPSA) is 480 Å². The van der Waals surface area contributed by atoms with E-state index in [1.54, 1.807) is 117 Å². The molecule has 1 amide bonds. The van der Waals surface area contributed by atoms with Gasteiger partial charge in [0.05, 0.1) is 105 Å². The lowest BCUT2D eigenvalue weighted by atomic mass is 9.82. The fourth-order valence-corrected chi connectivity index (χ4v) is 12.0. The molecule has 0 spiro atoms. The quantitative estimate of drug-likeness (QED) is 0.0909. The molecule has 6 rings (SSSR count). The third kappa shape index (κ3) is 23.5. The molecule has 29 heteroatoms. The molecule has 19 N–H and O–H groups in total. The third-order valence-electron chi connectivity index (χ3n) is 17.8. The van der Waals surface area contributed by atoms with Gasteiger partial charge in [0.25, 0.3) is 0 Å². The minimum atomic E-state index is -2.68. The highest BCUT2D eigenvalue weighted by Crippen LogP contribution is 2.39. The van der Waals surface area contributed by atoms with E-state index in [0.29, 0.717) is 5.69 Å². The minimum absolute atomic E-state index is 0.0461. The van der Waals surface area contributed by atoms with Crippen LogP contribution in [0, 0.1) is 17.8 Å². The molecule has 2 bridgehead atoms. The predicted molar refractivity (Wildman–Crippen MR) is 336 cm³/mol. The number of nitrogens with one attached hydrogen (secondary N) is 2. The van der Waals surface area contributed by atoms with Crippen LogP contribution in [0.4, 0.5) is 0 Å². The second kappa shape index (κ2) is 38.0. The van der Waals surface area contributed by atoms with Crippen molar-refractivity contribution in [2.24, 2.45) is 17.8 Å². The number of ether oxygens (including phenoxy) is 7. The van der Waals surface area contributed by atoms with Gasteiger partial charge in [0, 0.05) is 62.4 Å². The summed E-state index contributed by atoms with van der Waals surface area (Å²) in [7, 11) is 0. The summed E-state index contributed by atoms with van der Waals surface area (Å²) in [4.78, 5) is 31.4. The van der Waals surface area contributed by atoms with E-state index >= 15 is 0 Å². The van der Waals surface area contributed by atoms with Gasteiger partial charge in [0.1, 0.15) is 54.9 Å². The highest BCUT2D eigenvalue weighted by molar-refractivity contribution is 5.80. The number of carbonyl (C=O) groups excluding carboxylic acids is 2. The molecule has 0 radical (unpaired) electrons. The van der Waals surface area contributed by atoms with E-state index in [0.717, 1.165) is 0 Å². The molecule has 5 aliphatic heterocycles. The molecule has 4 saturated heterocycles. The Hall–Kier alpha value is -4.69. The largest absolute Gasteiger partial charge is 0.462 e. The summed E-state index contributed by atoms with van der Waals surface area (Å²) in [5, 5.41) is 194. The van der Waals surface area contributed by atoms with E-state index in [2.05, 4.69) is 15.6 Å². The molecule has 0 aromatic carbocycles. The number of rotatable bonds is 12. The number of allylic oxidation sites excluding steroid dienone is 12. The molecule has 4 unspecified atom stereocenters. The van der Waals surface area contributed by atoms with E-state index in [1.165, 1.54) is 13.0 Å². The first-order valence-corrected chi connectivity index (χ1v) is 32.4. The van der Waals surface area contributed by atoms with Crippen LogP contribution in [0.2, 0.25) is 0 Å². The zero-order chi connectivity index (χ0) is 69.7. The summed E-state index contributed by atoms with van der Waals surface area (Å²) in [6.45, 7) is 4.32. The normalized spacial score (nSPS) is 44.6. The predicted octanol–water partition coefficient (Wildman–Crippen LogP) is -3.36. The summed E-state index contributed by atoms with van der Waals surface area (Å²) in [6, 6.07) is 3.76. The molecule has 1 aromatic heterocycles. The summed E-state index contributed by atoms with van der Waals surface area (Å²) in [6.07, 6.45) is -12.1. The van der Waals surface area contributed by atoms with E-state index < -0.39 is 228 Å². The molecule has 536 valence electrons. The fourth-order valence-electron chi connectivity index (χ4n) is 12.0. The lowest BCUT2D eigenvalue weighted by Gasteiger charge is -2.48. The van der Waals surface area contributed by atoms with Crippen LogP contribution in [0.1, 0.15) is 84.8 Å². The molecule has 4 fully saturated rings. The fraction of sp³-hybridized carbons (Fsp3) is 0.682. The number of hydrogen-bond acceptors (Lipinski definition) is 28. The number of carbonyl (C=O) groups is 2. The van der Waals surface area contributed by atoms with Gasteiger partial charge in [-0.15, -0.1) is 0 Å². The Morgan fingerprint density at radius 1 is 0.642 bits per heavy atom. The van der Waals surface area contributed by atoms with Crippen molar-refractivity contribution < 1.29 is 130 Å². The summed E-state index contributed by atoms with van der Waals surface area (Å²) in [5.74, 6) is -8.87. The molecule has 0 aliphatic carbocycles. The van der Waals surface area contributed by atoms with Crippen molar-refractivity contribution in [3.8, 4) is 0 Å². The summed E-state index contributed by atoms with van der Waals surface area (Å²) in [5.41, 5.74) is 0.641. The van der Waals surface area contributed by atoms with Crippen LogP contribution < -0.4 is 10.6 Å². The number of pyridine rings is 1. The zero-order valence-electron chi connectivity index (χ0n) is 53.8. The SMILES string of the molecule is CC1[C@H](C)OC(=O)C[C@H](O)C[C@H](O)CC[C@@H](O)[C@H](O)C[C@H](O)C[C@]2(O)C[C@H](O)C(C(=O)NCCc3ccccn3)C(C[C@@H](O[C@@H]3O[C@H](C)[C@@H](O)[C@H](NC[C@@]4(O)OC[C@@H](O)[C@@H](OC5O[C@H](CO)[C@@H](O)[C@H](O)[C@H]5O)[C@@H]4O)[C@@H]3O)/C=C/C=C/C=C/C=C/C=C/C=C/C=C/[C@H](C)[C@H]1O)O2. The summed E-state index contributed by atoms with van der Waals surface area (Å²) < 4.78 is 40.8. The van der Waals surface area contributed by atoms with Crippen molar-refractivity contribution in [1.82, 2.24) is 15.6 Å². The Morgan fingerprint density at radius 2 is 1.28 bits per heavy atom. The third-order valence-corrected chi connectivity index (χ3v) is 17.8. The van der Waals surface area contributed by atoms with Crippen molar-refractivity contribution in [1.29, 1.82) is 0 Å². The van der Waals surface area contributed by atoms with Gasteiger partial charge >= 0.3 is 5.97 Å². The van der Waals surface area contributed by atoms with Gasteiger partial charge in [-0.25, -0.2) is 0 Å². The Morgan fingerprint density at radius 3 is 1.93 bits per heavy atom. The number of nitrogens with zero attached hydrogens (tertiary/aromatic N) is 1. The van der Waals surface area contributed by atoms with E-state index in [4.69, 9.17) is 33.2 Å². The molecule has 28 atom stereocenters. The van der Waals surface area contributed by atoms with Crippen LogP contribution in [0.15, 0.2) is 109 Å². The van der Waals surface area contributed by atoms with Gasteiger partial charge in [0.15, 0.2) is 18.4 Å². The molecule has 1 aromatic rings. The van der Waals surface area contributed by atoms with E-state index in [-0.39, 0.29) is 38.1 Å². The lowest BCUT2D eigenvalue weighted by Crippen LogP contribution is -2.70. The summed E-state index contributed by atoms with van der Waals surface area (Å²) >= 11 is 0. The standard InChI is InChI=1S/C66H101N3O26/c1-36-19-15-13-11-9-7-5-6-8-10-12-14-16-21-44(92-63-57(82)53(55(80)39(4)91-63)69-35-66(88)61(85)60(48(77)34-89-66)94-64-59(84)58(83)56(81)50(33-70)93-64)30-49-52(62(86)68-26-24-40-20-17-18-25-67-40)47(76)32-65(87,95-49)31-43(73)28-46(75)45(74)23-22-41(71)27-42(72)29-51(78)90-38(3)37(2)54(36)79/h5-21,25,36-39,41-50,52-61,63-64,69-77,79-85,87-88H,22-24,26-35H2,1-4H3,(H,68,86)/b6-5+,9-7+,10-8+,13-11+,14-12+,19-15+,21-16+/t36-,37?,38-,39+,41+,42+,43-,44-,45+,46+,47-,48+,49?,50+,52?,53-,54+,55+,56+,57-,58-,59+,60+,61-,63-,64?,65+,66+/m0/s1. The van der Waals surface area contributed by atoms with Gasteiger partial charge in [-0.1, -0.05) is 105 Å². The number of cyclic esters (lactones) is 1. The maximum atomic E-state index is 14.3. The van der Waals surface area contributed by atoms with Crippen LogP contribution >= 0.6 is 0 Å². The van der Waals surface area contributed by atoms with Crippen molar-refractivity contribution in [3.05, 3.63) is 115 Å². The second-order valence-corrected chi connectivity index (χ2v) is 25.4. The number of hydrogen-bond donors (Lipinski definition) is 19. The van der Waals surface area contributed by atoms with E-state index in [1.807, 2.05) is 6.92 Å². The monoisotopic (exact) mass is 1350 g/mol. The molecular weight excluding hydrogens is 1250 g/mol. The van der Waals surface area contributed by atoms with E-state index in [9.17, 15) is 96.4 Å². The molecule has 95 heavy (non-hydrogen) atoms. The number of esters is 1. The molecule has 29 nitrogen and oxygen atoms in total. The first-order valence-electron chi connectivity index (χ1n) is 32.4. The zero-order valence-corrected chi connectivity index (χ0v) is 53.8. The number of amides is 1. The molecule has 5 aliphatic rings. The first kappa shape index (κ1) is 79.3.